The molecule has 0 spiro atoms. The number of alkyl halides is 1. The zero-order chi connectivity index (χ0) is 20.9. The summed E-state index contributed by atoms with van der Waals surface area (Å²) >= 11 is 0. The van der Waals surface area contributed by atoms with Crippen LogP contribution in [-0.4, -0.2) is 65.3 Å². The Labute approximate surface area is 174 Å². The summed E-state index contributed by atoms with van der Waals surface area (Å²) in [7, 11) is 0. The number of H-pyrrole nitrogens is 1. The molecule has 0 amide bonds. The van der Waals surface area contributed by atoms with Crippen LogP contribution in [0.3, 0.4) is 0 Å². The van der Waals surface area contributed by atoms with Crippen molar-refractivity contribution in [1.29, 1.82) is 5.41 Å². The van der Waals surface area contributed by atoms with Crippen molar-refractivity contribution < 1.29 is 4.39 Å². The number of aromatic amines is 1. The lowest BCUT2D eigenvalue weighted by molar-refractivity contribution is 0.482. The Bertz CT molecular complexity index is 1060. The molecule has 4 heterocycles. The number of piperazine rings is 1. The normalized spacial score (nSPS) is 17.3. The molecule has 0 radical (unpaired) electrons. The van der Waals surface area contributed by atoms with Gasteiger partial charge >= 0.3 is 0 Å². The Morgan fingerprint density at radius 3 is 3.13 bits per heavy atom. The Morgan fingerprint density at radius 1 is 1.43 bits per heavy atom. The molecule has 3 aromatic rings. The van der Waals surface area contributed by atoms with E-state index in [9.17, 15) is 4.39 Å². The van der Waals surface area contributed by atoms with E-state index in [2.05, 4.69) is 37.6 Å². The molecule has 0 aromatic carbocycles. The highest BCUT2D eigenvalue weighted by atomic mass is 19.1. The van der Waals surface area contributed by atoms with Crippen molar-refractivity contribution in [3.05, 3.63) is 42.4 Å². The smallest absolute Gasteiger partial charge is 0.129 e. The van der Waals surface area contributed by atoms with E-state index in [4.69, 9.17) is 10.4 Å². The van der Waals surface area contributed by atoms with E-state index in [0.29, 0.717) is 17.3 Å². The first-order chi connectivity index (χ1) is 14.7. The van der Waals surface area contributed by atoms with Gasteiger partial charge in [0.15, 0.2) is 0 Å². The van der Waals surface area contributed by atoms with Crippen molar-refractivity contribution in [3.8, 4) is 11.4 Å². The Balaban J connectivity index is 1.68. The summed E-state index contributed by atoms with van der Waals surface area (Å²) < 4.78 is 12.4. The first-order valence-corrected chi connectivity index (χ1v) is 10.00. The van der Waals surface area contributed by atoms with Crippen molar-refractivity contribution in [3.63, 3.8) is 0 Å². The van der Waals surface area contributed by atoms with Gasteiger partial charge < -0.3 is 20.9 Å². The number of hydrogen-bond acceptors (Lipinski definition) is 7. The molecule has 156 valence electrons. The molecule has 1 fully saturated rings. The summed E-state index contributed by atoms with van der Waals surface area (Å²) in [6.45, 7) is 4.64. The minimum absolute atomic E-state index is 0.192. The second kappa shape index (κ2) is 9.00. The summed E-state index contributed by atoms with van der Waals surface area (Å²) in [6, 6.07) is 8.26. The van der Waals surface area contributed by atoms with E-state index < -0.39 is 6.67 Å². The molecule has 0 aliphatic carbocycles. The minimum atomic E-state index is -0.478. The van der Waals surface area contributed by atoms with Gasteiger partial charge in [0, 0.05) is 55.6 Å². The predicted octanol–water partition coefficient (Wildman–Crippen LogP) is 2.37. The van der Waals surface area contributed by atoms with Gasteiger partial charge in [0.1, 0.15) is 18.2 Å². The first kappa shape index (κ1) is 20.0. The summed E-state index contributed by atoms with van der Waals surface area (Å²) in [5, 5.41) is 22.3. The molecule has 1 aliphatic rings. The number of rotatable bonds is 7. The fourth-order valence-electron chi connectivity index (χ4n) is 3.57. The number of nitrogens with zero attached hydrogens (tertiary/aromatic N) is 4. The third-order valence-electron chi connectivity index (χ3n) is 5.06. The SMILES string of the molecule is C[C@H]1CN(c2cccc(-c3n[nH]c4cnc(/C(C=N)=C/NCCF)cc34)n2)CCN1. The standard InChI is InChI=1S/C21H25FN8/c1-14-13-30(8-7-25-14)20-4-2-3-17(27-20)21-16-9-18(26-12-19(16)28-29-21)15(10-23)11-24-6-5-22/h2-4,9-12,14,23-25H,5-8,13H2,1H3,(H,28,29)/b15-11+,23-10?/t14-/m0/s1. The fourth-order valence-corrected chi connectivity index (χ4v) is 3.57. The highest BCUT2D eigenvalue weighted by Gasteiger charge is 2.18. The number of halogens is 1. The molecule has 1 aliphatic heterocycles. The zero-order valence-electron chi connectivity index (χ0n) is 16.8. The topological polar surface area (TPSA) is 106 Å². The summed E-state index contributed by atoms with van der Waals surface area (Å²) in [4.78, 5) is 11.5. The Hall–Kier alpha value is -3.33. The summed E-state index contributed by atoms with van der Waals surface area (Å²) in [6.07, 6.45) is 4.49. The molecule has 1 atom stereocenters. The molecule has 9 heteroatoms. The Morgan fingerprint density at radius 2 is 2.33 bits per heavy atom. The number of fused-ring (bicyclic) bond motifs is 1. The average molecular weight is 408 g/mol. The van der Waals surface area contributed by atoms with Crippen LogP contribution in [0.15, 0.2) is 36.7 Å². The number of pyridine rings is 2. The maximum absolute atomic E-state index is 12.4. The van der Waals surface area contributed by atoms with Crippen LogP contribution >= 0.6 is 0 Å². The monoisotopic (exact) mass is 408 g/mol. The third kappa shape index (κ3) is 4.16. The molecule has 0 saturated carbocycles. The van der Waals surface area contributed by atoms with Crippen molar-refractivity contribution in [1.82, 2.24) is 30.8 Å². The number of anilines is 1. The van der Waals surface area contributed by atoms with Crippen LogP contribution < -0.4 is 15.5 Å². The van der Waals surface area contributed by atoms with Gasteiger partial charge in [-0.3, -0.25) is 10.1 Å². The molecular formula is C21H25FN8. The van der Waals surface area contributed by atoms with Gasteiger partial charge in [-0.05, 0) is 25.1 Å². The van der Waals surface area contributed by atoms with Crippen LogP contribution in [0.2, 0.25) is 0 Å². The van der Waals surface area contributed by atoms with Crippen LogP contribution in [-0.2, 0) is 0 Å². The van der Waals surface area contributed by atoms with E-state index in [0.717, 1.165) is 47.7 Å². The van der Waals surface area contributed by atoms with Gasteiger partial charge in [-0.2, -0.15) is 5.10 Å². The lowest BCUT2D eigenvalue weighted by atomic mass is 10.1. The summed E-state index contributed by atoms with van der Waals surface area (Å²) in [5.74, 6) is 0.932. The molecule has 1 saturated heterocycles. The molecule has 8 nitrogen and oxygen atoms in total. The Kier molecular flexibility index (Phi) is 5.99. The van der Waals surface area contributed by atoms with Gasteiger partial charge in [0.2, 0.25) is 0 Å². The van der Waals surface area contributed by atoms with Crippen molar-refractivity contribution in [2.24, 2.45) is 0 Å². The van der Waals surface area contributed by atoms with Gasteiger partial charge in [0.05, 0.1) is 23.1 Å². The minimum Gasteiger partial charge on any atom is -0.388 e. The number of aromatic nitrogens is 4. The predicted molar refractivity (Wildman–Crippen MR) is 118 cm³/mol. The van der Waals surface area contributed by atoms with Gasteiger partial charge in [-0.25, -0.2) is 9.37 Å². The molecular weight excluding hydrogens is 383 g/mol. The third-order valence-corrected chi connectivity index (χ3v) is 5.06. The van der Waals surface area contributed by atoms with Crippen molar-refractivity contribution in [2.75, 3.05) is 37.8 Å². The number of nitrogens with one attached hydrogen (secondary N) is 4. The molecule has 0 unspecified atom stereocenters. The zero-order valence-corrected chi connectivity index (χ0v) is 16.8. The van der Waals surface area contributed by atoms with Gasteiger partial charge in [0.25, 0.3) is 0 Å². The quantitative estimate of drug-likeness (QED) is 0.353. The van der Waals surface area contributed by atoms with Gasteiger partial charge in [-0.15, -0.1) is 0 Å². The van der Waals surface area contributed by atoms with Crippen LogP contribution in [0, 0.1) is 5.41 Å². The highest BCUT2D eigenvalue weighted by Crippen LogP contribution is 2.28. The second-order valence-electron chi connectivity index (χ2n) is 7.26. The molecule has 4 N–H and O–H groups in total. The molecule has 30 heavy (non-hydrogen) atoms. The van der Waals surface area contributed by atoms with Crippen molar-refractivity contribution >= 4 is 28.5 Å². The van der Waals surface area contributed by atoms with E-state index in [1.165, 1.54) is 6.21 Å². The highest BCUT2D eigenvalue weighted by molar-refractivity contribution is 6.08. The van der Waals surface area contributed by atoms with E-state index in [1.54, 1.807) is 12.4 Å². The largest absolute Gasteiger partial charge is 0.388 e. The summed E-state index contributed by atoms with van der Waals surface area (Å²) in [5.41, 5.74) is 3.48. The van der Waals surface area contributed by atoms with E-state index in [-0.39, 0.29) is 6.54 Å². The van der Waals surface area contributed by atoms with E-state index in [1.807, 2.05) is 24.3 Å². The van der Waals surface area contributed by atoms with Crippen LogP contribution in [0.4, 0.5) is 10.2 Å². The van der Waals surface area contributed by atoms with E-state index >= 15 is 0 Å². The molecule has 3 aromatic heterocycles. The van der Waals surface area contributed by atoms with Crippen LogP contribution in [0.25, 0.3) is 27.9 Å². The number of hydrogen-bond donors (Lipinski definition) is 4. The number of allylic oxidation sites excluding steroid dienone is 1. The fraction of sp³-hybridized carbons (Fsp3) is 0.333. The lowest BCUT2D eigenvalue weighted by Crippen LogP contribution is -2.49. The van der Waals surface area contributed by atoms with Crippen molar-refractivity contribution in [2.45, 2.75) is 13.0 Å². The maximum Gasteiger partial charge on any atom is 0.129 e. The average Bonchev–Trinajstić information content (AvgIpc) is 3.20. The lowest BCUT2D eigenvalue weighted by Gasteiger charge is -2.32. The second-order valence-corrected chi connectivity index (χ2v) is 7.26. The molecule has 4 rings (SSSR count). The molecule has 0 bridgehead atoms. The van der Waals surface area contributed by atoms with Crippen LogP contribution in [0.1, 0.15) is 12.6 Å². The first-order valence-electron chi connectivity index (χ1n) is 10.00. The maximum atomic E-state index is 12.4. The van der Waals surface area contributed by atoms with Gasteiger partial charge in [-0.1, -0.05) is 6.07 Å². The van der Waals surface area contributed by atoms with Crippen LogP contribution in [0.5, 0.6) is 0 Å².